The van der Waals surface area contributed by atoms with Crippen LogP contribution in [-0.4, -0.2) is 21.2 Å². The second kappa shape index (κ2) is 9.80. The summed E-state index contributed by atoms with van der Waals surface area (Å²) in [4.78, 5) is 12.3. The van der Waals surface area contributed by atoms with E-state index in [-0.39, 0.29) is 22.8 Å². The second-order valence-electron chi connectivity index (χ2n) is 9.38. The second-order valence-corrected chi connectivity index (χ2v) is 14.1. The number of carbonyl (C=O) groups excluding carboxylic acids is 1. The minimum absolute atomic E-state index is 0.0462. The van der Waals surface area contributed by atoms with Gasteiger partial charge in [-0.15, -0.1) is 0 Å². The van der Waals surface area contributed by atoms with E-state index in [0.717, 1.165) is 11.1 Å². The average Bonchev–Trinajstić information content (AvgIpc) is 2.69. The average molecular weight is 429 g/mol. The summed E-state index contributed by atoms with van der Waals surface area (Å²) in [6.07, 6.45) is -0.319. The van der Waals surface area contributed by atoms with Gasteiger partial charge in [0.25, 0.3) is 0 Å². The molecule has 0 bridgehead atoms. The Kier molecular flexibility index (Phi) is 7.89. The smallest absolute Gasteiger partial charge is 0.192 e. The number of methoxy groups -OCH3 is 1. The lowest BCUT2D eigenvalue weighted by molar-refractivity contribution is -0.123. The third-order valence-electron chi connectivity index (χ3n) is 6.08. The third-order valence-corrected chi connectivity index (χ3v) is 10.5. The van der Waals surface area contributed by atoms with E-state index in [2.05, 4.69) is 33.9 Å². The standard InChI is InChI=1S/C25H36O4Si/c1-18(19(2)26)24(29-30(7,8)25(3,4)5)21-14-15-22(23(16-21)27-6)28-17-20-12-10-9-11-13-20/h9-16,18,24H,17H2,1-8H3/t18?,24-/m0/s1. The summed E-state index contributed by atoms with van der Waals surface area (Å²) >= 11 is 0. The summed E-state index contributed by atoms with van der Waals surface area (Å²) in [7, 11) is -0.453. The molecule has 0 spiro atoms. The number of Topliss-reactive ketones (excluding diaryl/α,β-unsaturated/α-hetero) is 1. The van der Waals surface area contributed by atoms with Crippen molar-refractivity contribution in [3.63, 3.8) is 0 Å². The number of ether oxygens (including phenoxy) is 2. The lowest BCUT2D eigenvalue weighted by atomic mass is 9.94. The first-order chi connectivity index (χ1) is 14.0. The molecule has 5 heteroatoms. The molecule has 0 N–H and O–H groups in total. The topological polar surface area (TPSA) is 44.8 Å². The van der Waals surface area contributed by atoms with Gasteiger partial charge in [-0.2, -0.15) is 0 Å². The lowest BCUT2D eigenvalue weighted by Gasteiger charge is -2.40. The molecule has 0 amide bonds. The maximum atomic E-state index is 12.3. The Bertz CT molecular complexity index is 840. The first kappa shape index (κ1) is 24.2. The molecule has 1 unspecified atom stereocenters. The molecular formula is C25H36O4Si. The summed E-state index contributed by atoms with van der Waals surface area (Å²) in [5.41, 5.74) is 2.03. The molecule has 0 aliphatic carbocycles. The van der Waals surface area contributed by atoms with E-state index >= 15 is 0 Å². The molecular weight excluding hydrogens is 392 g/mol. The molecule has 2 rings (SSSR count). The zero-order valence-corrected chi connectivity index (χ0v) is 20.6. The van der Waals surface area contributed by atoms with E-state index in [1.54, 1.807) is 14.0 Å². The van der Waals surface area contributed by atoms with Crippen molar-refractivity contribution in [1.82, 2.24) is 0 Å². The van der Waals surface area contributed by atoms with Crippen LogP contribution in [-0.2, 0) is 15.8 Å². The number of rotatable bonds is 9. The third kappa shape index (κ3) is 5.96. The highest BCUT2D eigenvalue weighted by Crippen LogP contribution is 2.43. The summed E-state index contributed by atoms with van der Waals surface area (Å²) in [6.45, 7) is 15.1. The Morgan fingerprint density at radius 1 is 1.03 bits per heavy atom. The minimum atomic E-state index is -2.08. The molecule has 0 aromatic heterocycles. The van der Waals surface area contributed by atoms with Crippen molar-refractivity contribution in [3.05, 3.63) is 59.7 Å². The quantitative estimate of drug-likeness (QED) is 0.424. The highest BCUT2D eigenvalue weighted by molar-refractivity contribution is 6.74. The molecule has 0 saturated carbocycles. The molecule has 164 valence electrons. The van der Waals surface area contributed by atoms with Gasteiger partial charge in [0.2, 0.25) is 0 Å². The maximum Gasteiger partial charge on any atom is 0.192 e. The zero-order valence-electron chi connectivity index (χ0n) is 19.6. The Morgan fingerprint density at radius 3 is 2.20 bits per heavy atom. The van der Waals surface area contributed by atoms with Crippen LogP contribution in [0.1, 0.15) is 51.8 Å². The van der Waals surface area contributed by atoms with Crippen molar-refractivity contribution in [2.75, 3.05) is 7.11 Å². The summed E-state index contributed by atoms with van der Waals surface area (Å²) in [5, 5.41) is 0.0462. The molecule has 2 aromatic rings. The van der Waals surface area contributed by atoms with Crippen LogP contribution in [0, 0.1) is 5.92 Å². The van der Waals surface area contributed by atoms with E-state index in [1.807, 2.05) is 55.5 Å². The van der Waals surface area contributed by atoms with E-state index < -0.39 is 8.32 Å². The molecule has 4 nitrogen and oxygen atoms in total. The normalized spacial score (nSPS) is 14.1. The van der Waals surface area contributed by atoms with Gasteiger partial charge in [-0.1, -0.05) is 64.1 Å². The fourth-order valence-corrected chi connectivity index (χ4v) is 4.21. The molecule has 0 saturated heterocycles. The Morgan fingerprint density at radius 2 is 1.67 bits per heavy atom. The number of carbonyl (C=O) groups is 1. The van der Waals surface area contributed by atoms with Crippen LogP contribution < -0.4 is 9.47 Å². The molecule has 2 atom stereocenters. The van der Waals surface area contributed by atoms with Crippen LogP contribution in [0.5, 0.6) is 11.5 Å². The van der Waals surface area contributed by atoms with Crippen molar-refractivity contribution in [3.8, 4) is 11.5 Å². The van der Waals surface area contributed by atoms with Crippen molar-refractivity contribution in [1.29, 1.82) is 0 Å². The number of hydrogen-bond donors (Lipinski definition) is 0. The van der Waals surface area contributed by atoms with Gasteiger partial charge in [-0.25, -0.2) is 0 Å². The number of ketones is 1. The highest BCUT2D eigenvalue weighted by atomic mass is 28.4. The molecule has 30 heavy (non-hydrogen) atoms. The predicted octanol–water partition coefficient (Wildman–Crippen LogP) is 6.56. The van der Waals surface area contributed by atoms with Crippen LogP contribution in [0.25, 0.3) is 0 Å². The molecule has 0 radical (unpaired) electrons. The van der Waals surface area contributed by atoms with E-state index in [0.29, 0.717) is 18.1 Å². The fraction of sp³-hybridized carbons (Fsp3) is 0.480. The van der Waals surface area contributed by atoms with Gasteiger partial charge in [-0.3, -0.25) is 4.79 Å². The first-order valence-corrected chi connectivity index (χ1v) is 13.4. The van der Waals surface area contributed by atoms with Crippen LogP contribution in [0.4, 0.5) is 0 Å². The van der Waals surface area contributed by atoms with E-state index in [9.17, 15) is 4.79 Å². The highest BCUT2D eigenvalue weighted by Gasteiger charge is 2.41. The lowest BCUT2D eigenvalue weighted by Crippen LogP contribution is -2.43. The van der Waals surface area contributed by atoms with Gasteiger partial charge in [0.1, 0.15) is 12.4 Å². The number of hydrogen-bond acceptors (Lipinski definition) is 4. The van der Waals surface area contributed by atoms with Gasteiger partial charge >= 0.3 is 0 Å². The molecule has 0 fully saturated rings. The zero-order chi connectivity index (χ0) is 22.5. The summed E-state index contributed by atoms with van der Waals surface area (Å²) in [6, 6.07) is 15.9. The van der Waals surface area contributed by atoms with Crippen LogP contribution in [0.3, 0.4) is 0 Å². The predicted molar refractivity (Wildman–Crippen MR) is 125 cm³/mol. The molecule has 0 heterocycles. The summed E-state index contributed by atoms with van der Waals surface area (Å²) < 4.78 is 18.3. The molecule has 2 aromatic carbocycles. The Balaban J connectivity index is 2.33. The maximum absolute atomic E-state index is 12.3. The van der Waals surface area contributed by atoms with Crippen molar-refractivity contribution >= 4 is 14.1 Å². The van der Waals surface area contributed by atoms with Crippen LogP contribution in [0.15, 0.2) is 48.5 Å². The van der Waals surface area contributed by atoms with Crippen molar-refractivity contribution < 1.29 is 18.7 Å². The van der Waals surface area contributed by atoms with Crippen molar-refractivity contribution in [2.45, 2.75) is 65.5 Å². The monoisotopic (exact) mass is 428 g/mol. The van der Waals surface area contributed by atoms with Crippen LogP contribution in [0.2, 0.25) is 18.1 Å². The van der Waals surface area contributed by atoms with Crippen LogP contribution >= 0.6 is 0 Å². The minimum Gasteiger partial charge on any atom is -0.493 e. The van der Waals surface area contributed by atoms with E-state index in [4.69, 9.17) is 13.9 Å². The fourth-order valence-electron chi connectivity index (χ4n) is 2.88. The van der Waals surface area contributed by atoms with E-state index in [1.165, 1.54) is 0 Å². The number of benzene rings is 2. The van der Waals surface area contributed by atoms with Gasteiger partial charge in [0.15, 0.2) is 19.8 Å². The van der Waals surface area contributed by atoms with Crippen molar-refractivity contribution in [2.24, 2.45) is 5.92 Å². The Hall–Kier alpha value is -2.11. The molecule has 0 aliphatic rings. The largest absolute Gasteiger partial charge is 0.493 e. The SMILES string of the molecule is COc1cc([C@@H](O[Si](C)(C)C(C)(C)C)C(C)C(C)=O)ccc1OCc1ccccc1. The van der Waals surface area contributed by atoms with Gasteiger partial charge in [-0.05, 0) is 48.3 Å². The summed E-state index contributed by atoms with van der Waals surface area (Å²) in [5.74, 6) is 1.18. The van der Waals surface area contributed by atoms with Gasteiger partial charge < -0.3 is 13.9 Å². The van der Waals surface area contributed by atoms with Gasteiger partial charge in [0.05, 0.1) is 13.2 Å². The van der Waals surface area contributed by atoms with Gasteiger partial charge in [0, 0.05) is 5.92 Å². The first-order valence-electron chi connectivity index (χ1n) is 10.5. The Labute approximate surface area is 182 Å². The molecule has 0 aliphatic heterocycles.